The van der Waals surface area contributed by atoms with E-state index in [1.54, 1.807) is 19.1 Å². The van der Waals surface area contributed by atoms with Crippen LogP contribution in [0.4, 0.5) is 4.79 Å². The number of carbonyl (C=O) groups is 1. The van der Waals surface area contributed by atoms with E-state index in [1.807, 2.05) is 12.1 Å². The third-order valence-corrected chi connectivity index (χ3v) is 3.99. The molecule has 1 aromatic carbocycles. The first-order chi connectivity index (χ1) is 12.3. The van der Waals surface area contributed by atoms with E-state index in [1.165, 1.54) is 5.56 Å². The molecular formula is C21H27NO4. The lowest BCUT2D eigenvalue weighted by atomic mass is 9.87. The van der Waals surface area contributed by atoms with E-state index >= 15 is 0 Å². The van der Waals surface area contributed by atoms with Crippen molar-refractivity contribution in [3.05, 3.63) is 47.5 Å². The topological polar surface area (TPSA) is 67.8 Å². The van der Waals surface area contributed by atoms with Crippen LogP contribution >= 0.6 is 0 Å². The van der Waals surface area contributed by atoms with Crippen molar-refractivity contribution in [1.82, 2.24) is 5.32 Å². The molecule has 0 saturated carbocycles. The molecule has 5 heteroatoms. The summed E-state index contributed by atoms with van der Waals surface area (Å²) in [5, 5.41) is 12.5. The van der Waals surface area contributed by atoms with Crippen LogP contribution in [0, 0.1) is 11.8 Å². The monoisotopic (exact) mass is 357 g/mol. The lowest BCUT2D eigenvalue weighted by Gasteiger charge is -2.26. The van der Waals surface area contributed by atoms with Crippen LogP contribution < -0.4 is 5.32 Å². The highest BCUT2D eigenvalue weighted by Gasteiger charge is 2.26. The van der Waals surface area contributed by atoms with Crippen molar-refractivity contribution in [3.63, 3.8) is 0 Å². The van der Waals surface area contributed by atoms with E-state index in [0.717, 1.165) is 5.56 Å². The summed E-state index contributed by atoms with van der Waals surface area (Å²) in [6.45, 7) is 8.76. The van der Waals surface area contributed by atoms with Crippen LogP contribution in [-0.4, -0.2) is 42.7 Å². The van der Waals surface area contributed by atoms with E-state index < -0.39 is 24.4 Å². The van der Waals surface area contributed by atoms with Crippen molar-refractivity contribution in [2.45, 2.75) is 51.4 Å². The molecule has 1 heterocycles. The predicted octanol–water partition coefficient (Wildman–Crippen LogP) is 2.77. The number of hydrogen-bond donors (Lipinski definition) is 2. The van der Waals surface area contributed by atoms with Crippen LogP contribution in [-0.2, 0) is 14.9 Å². The molecule has 26 heavy (non-hydrogen) atoms. The minimum atomic E-state index is -0.825. The van der Waals surface area contributed by atoms with Gasteiger partial charge >= 0.3 is 6.09 Å². The first-order valence-corrected chi connectivity index (χ1v) is 8.84. The maximum absolute atomic E-state index is 11.4. The van der Waals surface area contributed by atoms with Gasteiger partial charge in [0.2, 0.25) is 0 Å². The zero-order valence-electron chi connectivity index (χ0n) is 15.8. The van der Waals surface area contributed by atoms with Crippen LogP contribution in [0.1, 0.15) is 38.8 Å². The third kappa shape index (κ3) is 5.91. The van der Waals surface area contributed by atoms with Crippen LogP contribution in [0.15, 0.2) is 36.4 Å². The summed E-state index contributed by atoms with van der Waals surface area (Å²) in [6.07, 6.45) is 0.892. The molecule has 1 aromatic rings. The second kappa shape index (κ2) is 8.88. The van der Waals surface area contributed by atoms with Crippen LogP contribution in [0.5, 0.6) is 0 Å². The van der Waals surface area contributed by atoms with Crippen molar-refractivity contribution in [1.29, 1.82) is 0 Å². The molecule has 0 unspecified atom stereocenters. The second-order valence-corrected chi connectivity index (χ2v) is 7.20. The summed E-state index contributed by atoms with van der Waals surface area (Å²) in [6, 6.07) is 8.14. The van der Waals surface area contributed by atoms with Gasteiger partial charge in [0.1, 0.15) is 24.9 Å². The Bertz CT molecular complexity index is 691. The van der Waals surface area contributed by atoms with Gasteiger partial charge in [0, 0.05) is 12.1 Å². The molecular weight excluding hydrogens is 330 g/mol. The van der Waals surface area contributed by atoms with Gasteiger partial charge in [-0.25, -0.2) is 4.79 Å². The van der Waals surface area contributed by atoms with Gasteiger partial charge < -0.3 is 19.9 Å². The zero-order chi connectivity index (χ0) is 19.2. The molecule has 0 radical (unpaired) electrons. The van der Waals surface area contributed by atoms with Gasteiger partial charge in [-0.15, -0.1) is 0 Å². The number of hydrogen-bond acceptors (Lipinski definition) is 4. The number of ether oxygens (including phenoxy) is 2. The van der Waals surface area contributed by atoms with Crippen molar-refractivity contribution in [2.75, 3.05) is 13.2 Å². The number of nitrogens with one attached hydrogen (secondary N) is 1. The highest BCUT2D eigenvalue weighted by molar-refractivity contribution is 5.67. The number of carbonyl (C=O) groups excluding carboxylic acids is 1. The van der Waals surface area contributed by atoms with Crippen molar-refractivity contribution in [3.8, 4) is 11.8 Å². The highest BCUT2D eigenvalue weighted by Crippen LogP contribution is 2.22. The minimum Gasteiger partial charge on any atom is -0.447 e. The number of benzene rings is 1. The summed E-state index contributed by atoms with van der Waals surface area (Å²) in [4.78, 5) is 11.4. The Morgan fingerprint density at radius 1 is 1.27 bits per heavy atom. The standard InChI is InChI=1S/C21H27NO4/c1-5-22-20(24)25-14-19-18(23)13-12-17(26-19)11-8-15-6-9-16(10-7-15)21(2,3)4/h6-7,9-10,12-13,17-19,23H,5,14H2,1-4H3,(H,22,24)/t17-,18-,19-/m1/s1. The van der Waals surface area contributed by atoms with Crippen molar-refractivity contribution >= 4 is 6.09 Å². The fourth-order valence-corrected chi connectivity index (χ4v) is 2.43. The Morgan fingerprint density at radius 2 is 1.96 bits per heavy atom. The van der Waals surface area contributed by atoms with Crippen molar-refractivity contribution in [2.24, 2.45) is 0 Å². The molecule has 2 N–H and O–H groups in total. The summed E-state index contributed by atoms with van der Waals surface area (Å²) < 4.78 is 10.7. The van der Waals surface area contributed by atoms with E-state index in [2.05, 4.69) is 50.1 Å². The normalized spacial score (nSPS) is 22.3. The lowest BCUT2D eigenvalue weighted by Crippen LogP contribution is -2.40. The molecule has 0 spiro atoms. The average Bonchev–Trinajstić information content (AvgIpc) is 2.60. The molecule has 0 bridgehead atoms. The Balaban J connectivity index is 1.97. The summed E-state index contributed by atoms with van der Waals surface area (Å²) in [5.41, 5.74) is 2.26. The predicted molar refractivity (Wildman–Crippen MR) is 101 cm³/mol. The SMILES string of the molecule is CCNC(=O)OC[C@H]1O[C@H](C#Cc2ccc(C(C)(C)C)cc2)C=C[C@H]1O. The van der Waals surface area contributed by atoms with E-state index in [-0.39, 0.29) is 12.0 Å². The van der Waals surface area contributed by atoms with Gasteiger partial charge in [0.25, 0.3) is 0 Å². The van der Waals surface area contributed by atoms with Crippen LogP contribution in [0.3, 0.4) is 0 Å². The first kappa shape index (κ1) is 20.0. The molecule has 0 aromatic heterocycles. The fraction of sp³-hybridized carbons (Fsp3) is 0.476. The summed E-state index contributed by atoms with van der Waals surface area (Å²) in [5.74, 6) is 6.12. The molecule has 1 amide bonds. The Labute approximate surface area is 155 Å². The van der Waals surface area contributed by atoms with Crippen LogP contribution in [0.25, 0.3) is 0 Å². The van der Waals surface area contributed by atoms with Crippen molar-refractivity contribution < 1.29 is 19.4 Å². The number of aliphatic hydroxyl groups excluding tert-OH is 1. The average molecular weight is 357 g/mol. The lowest BCUT2D eigenvalue weighted by molar-refractivity contribution is -0.0654. The van der Waals surface area contributed by atoms with E-state index in [0.29, 0.717) is 6.54 Å². The highest BCUT2D eigenvalue weighted by atomic mass is 16.6. The van der Waals surface area contributed by atoms with Crippen LogP contribution in [0.2, 0.25) is 0 Å². The smallest absolute Gasteiger partial charge is 0.407 e. The molecule has 140 valence electrons. The largest absolute Gasteiger partial charge is 0.447 e. The molecule has 2 rings (SSSR count). The van der Waals surface area contributed by atoms with Gasteiger partial charge in [0.05, 0.1) is 0 Å². The Morgan fingerprint density at radius 3 is 2.58 bits per heavy atom. The molecule has 0 aliphatic carbocycles. The number of alkyl carbamates (subject to hydrolysis) is 1. The molecule has 1 aliphatic heterocycles. The molecule has 5 nitrogen and oxygen atoms in total. The van der Waals surface area contributed by atoms with Gasteiger partial charge in [-0.3, -0.25) is 0 Å². The van der Waals surface area contributed by atoms with Gasteiger partial charge in [-0.05, 0) is 36.1 Å². The number of rotatable bonds is 3. The first-order valence-electron chi connectivity index (χ1n) is 8.84. The third-order valence-electron chi connectivity index (χ3n) is 3.99. The minimum absolute atomic E-state index is 0.0319. The Kier molecular flexibility index (Phi) is 6.84. The maximum Gasteiger partial charge on any atom is 0.407 e. The maximum atomic E-state index is 11.4. The number of aliphatic hydroxyl groups is 1. The van der Waals surface area contributed by atoms with Gasteiger partial charge in [0.15, 0.2) is 0 Å². The summed E-state index contributed by atoms with van der Waals surface area (Å²) >= 11 is 0. The van der Waals surface area contributed by atoms with Gasteiger partial charge in [-0.2, -0.15) is 0 Å². The second-order valence-electron chi connectivity index (χ2n) is 7.20. The summed E-state index contributed by atoms with van der Waals surface area (Å²) in [7, 11) is 0. The van der Waals surface area contributed by atoms with Gasteiger partial charge in [-0.1, -0.05) is 50.8 Å². The molecule has 3 atom stereocenters. The molecule has 0 fully saturated rings. The number of amides is 1. The zero-order valence-corrected chi connectivity index (χ0v) is 15.8. The van der Waals surface area contributed by atoms with E-state index in [4.69, 9.17) is 9.47 Å². The molecule has 0 saturated heterocycles. The quantitative estimate of drug-likeness (QED) is 0.645. The van der Waals surface area contributed by atoms with E-state index in [9.17, 15) is 9.90 Å². The Hall–Kier alpha value is -2.29. The molecule has 1 aliphatic rings. The fourth-order valence-electron chi connectivity index (χ4n) is 2.43.